The smallest absolute Gasteiger partial charge is 0.222 e. The van der Waals surface area contributed by atoms with Crippen LogP contribution in [0.25, 0.3) is 0 Å². The summed E-state index contributed by atoms with van der Waals surface area (Å²) >= 11 is 0. The summed E-state index contributed by atoms with van der Waals surface area (Å²) in [5, 5.41) is 8.43. The lowest BCUT2D eigenvalue weighted by Gasteiger charge is -2.14. The molecule has 0 bridgehead atoms. The van der Waals surface area contributed by atoms with E-state index in [0.29, 0.717) is 19.6 Å². The predicted octanol–water partition coefficient (Wildman–Crippen LogP) is 0.00780. The Hall–Kier alpha value is -0.610. The van der Waals surface area contributed by atoms with Crippen LogP contribution in [0.2, 0.25) is 0 Å². The van der Waals surface area contributed by atoms with Gasteiger partial charge in [0.1, 0.15) is 0 Å². The van der Waals surface area contributed by atoms with Gasteiger partial charge in [0.2, 0.25) is 5.91 Å². The van der Waals surface area contributed by atoms with Crippen LogP contribution in [-0.4, -0.2) is 48.8 Å². The van der Waals surface area contributed by atoms with Gasteiger partial charge >= 0.3 is 0 Å². The molecular weight excluding hydrogens is 170 g/mol. The van der Waals surface area contributed by atoms with E-state index in [1.807, 2.05) is 4.90 Å². The highest BCUT2D eigenvalue weighted by Crippen LogP contribution is 2.09. The van der Waals surface area contributed by atoms with Crippen molar-refractivity contribution in [3.8, 4) is 0 Å². The normalized spacial score (nSPS) is 17.0. The molecule has 1 fully saturated rings. The molecule has 0 aromatic carbocycles. The van der Waals surface area contributed by atoms with Gasteiger partial charge in [-0.25, -0.2) is 0 Å². The van der Waals surface area contributed by atoms with Gasteiger partial charge in [0.05, 0.1) is 13.2 Å². The summed E-state index contributed by atoms with van der Waals surface area (Å²) in [7, 11) is 0. The third-order valence-electron chi connectivity index (χ3n) is 2.12. The van der Waals surface area contributed by atoms with Crippen LogP contribution >= 0.6 is 0 Å². The van der Waals surface area contributed by atoms with Crippen LogP contribution in [0.5, 0.6) is 0 Å². The number of aliphatic hydroxyl groups excluding tert-OH is 1. The minimum atomic E-state index is 0.0721. The second-order valence-corrected chi connectivity index (χ2v) is 3.17. The molecule has 0 spiro atoms. The molecule has 0 atom stereocenters. The fourth-order valence-electron chi connectivity index (χ4n) is 1.46. The first-order chi connectivity index (χ1) is 6.34. The van der Waals surface area contributed by atoms with E-state index in [4.69, 9.17) is 9.84 Å². The zero-order chi connectivity index (χ0) is 9.52. The highest BCUT2D eigenvalue weighted by atomic mass is 16.5. The van der Waals surface area contributed by atoms with Crippen molar-refractivity contribution in [3.63, 3.8) is 0 Å². The quantitative estimate of drug-likeness (QED) is 0.596. The molecule has 4 nitrogen and oxygen atoms in total. The van der Waals surface area contributed by atoms with Crippen molar-refractivity contribution in [1.29, 1.82) is 0 Å². The number of aliphatic hydroxyl groups is 1. The van der Waals surface area contributed by atoms with Crippen molar-refractivity contribution in [2.75, 3.05) is 32.9 Å². The second-order valence-electron chi connectivity index (χ2n) is 3.17. The Bertz CT molecular complexity index is 161. The molecule has 76 valence electrons. The Balaban J connectivity index is 1.96. The van der Waals surface area contributed by atoms with Gasteiger partial charge in [0.25, 0.3) is 0 Å². The minimum absolute atomic E-state index is 0.0721. The van der Waals surface area contributed by atoms with Gasteiger partial charge < -0.3 is 14.7 Å². The van der Waals surface area contributed by atoms with Crippen molar-refractivity contribution >= 4 is 5.91 Å². The Morgan fingerprint density at radius 1 is 1.46 bits per heavy atom. The predicted molar refractivity (Wildman–Crippen MR) is 48.3 cm³/mol. The third-order valence-corrected chi connectivity index (χ3v) is 2.12. The molecule has 1 N–H and O–H groups in total. The van der Waals surface area contributed by atoms with E-state index >= 15 is 0 Å². The summed E-state index contributed by atoms with van der Waals surface area (Å²) in [6.07, 6.45) is 2.57. The van der Waals surface area contributed by atoms with E-state index in [9.17, 15) is 4.79 Å². The van der Waals surface area contributed by atoms with E-state index in [1.54, 1.807) is 0 Å². The average molecular weight is 187 g/mol. The fourth-order valence-corrected chi connectivity index (χ4v) is 1.46. The maximum atomic E-state index is 11.1. The van der Waals surface area contributed by atoms with Crippen molar-refractivity contribution in [2.24, 2.45) is 0 Å². The first-order valence-electron chi connectivity index (χ1n) is 4.81. The Morgan fingerprint density at radius 3 is 2.92 bits per heavy atom. The molecule has 1 aliphatic heterocycles. The number of ether oxygens (including phenoxy) is 1. The van der Waals surface area contributed by atoms with Crippen molar-refractivity contribution in [1.82, 2.24) is 4.90 Å². The number of nitrogens with zero attached hydrogens (tertiary/aromatic N) is 1. The lowest BCUT2D eigenvalue weighted by Crippen LogP contribution is -2.26. The minimum Gasteiger partial charge on any atom is -0.394 e. The maximum absolute atomic E-state index is 11.1. The molecule has 1 rings (SSSR count). The van der Waals surface area contributed by atoms with E-state index in [0.717, 1.165) is 25.9 Å². The number of carbonyl (C=O) groups is 1. The van der Waals surface area contributed by atoms with Gasteiger partial charge in [-0.15, -0.1) is 0 Å². The van der Waals surface area contributed by atoms with Crippen molar-refractivity contribution in [2.45, 2.75) is 19.3 Å². The SMILES string of the molecule is O=C1CCCN1CCCOCCO. The molecule has 1 saturated heterocycles. The van der Waals surface area contributed by atoms with Gasteiger partial charge in [-0.1, -0.05) is 0 Å². The summed E-state index contributed by atoms with van der Waals surface area (Å²) < 4.78 is 5.09. The number of carbonyl (C=O) groups excluding carboxylic acids is 1. The summed E-state index contributed by atoms with van der Waals surface area (Å²) in [5.41, 5.74) is 0. The van der Waals surface area contributed by atoms with E-state index < -0.39 is 0 Å². The molecular formula is C9H17NO3. The van der Waals surface area contributed by atoms with Crippen LogP contribution in [0.15, 0.2) is 0 Å². The monoisotopic (exact) mass is 187 g/mol. The van der Waals surface area contributed by atoms with Crippen LogP contribution in [0.4, 0.5) is 0 Å². The number of likely N-dealkylation sites (tertiary alicyclic amines) is 1. The van der Waals surface area contributed by atoms with E-state index in [2.05, 4.69) is 0 Å². The molecule has 13 heavy (non-hydrogen) atoms. The van der Waals surface area contributed by atoms with Gasteiger partial charge in [-0.2, -0.15) is 0 Å². The molecule has 1 aliphatic rings. The van der Waals surface area contributed by atoms with E-state index in [1.165, 1.54) is 0 Å². The highest BCUT2D eigenvalue weighted by Gasteiger charge is 2.18. The zero-order valence-corrected chi connectivity index (χ0v) is 7.87. The molecule has 1 amide bonds. The largest absolute Gasteiger partial charge is 0.394 e. The molecule has 0 aliphatic carbocycles. The first-order valence-corrected chi connectivity index (χ1v) is 4.81. The van der Waals surface area contributed by atoms with E-state index in [-0.39, 0.29) is 12.5 Å². The molecule has 4 heteroatoms. The summed E-state index contributed by atoms with van der Waals surface area (Å²) in [6.45, 7) is 2.80. The standard InChI is InChI=1S/C9H17NO3/c11-6-8-13-7-2-5-10-4-1-3-9(10)12/h11H,1-8H2. The molecule has 1 heterocycles. The van der Waals surface area contributed by atoms with Crippen LogP contribution in [0.3, 0.4) is 0 Å². The molecule has 0 aromatic heterocycles. The van der Waals surface area contributed by atoms with Crippen LogP contribution in [0.1, 0.15) is 19.3 Å². The maximum Gasteiger partial charge on any atom is 0.222 e. The van der Waals surface area contributed by atoms with Crippen molar-refractivity contribution in [3.05, 3.63) is 0 Å². The lowest BCUT2D eigenvalue weighted by molar-refractivity contribution is -0.127. The van der Waals surface area contributed by atoms with Gasteiger partial charge in [-0.3, -0.25) is 4.79 Å². The van der Waals surface area contributed by atoms with Crippen LogP contribution in [0, 0.1) is 0 Å². The number of hydrogen-bond donors (Lipinski definition) is 1. The molecule has 0 saturated carbocycles. The summed E-state index contributed by atoms with van der Waals surface area (Å²) in [6, 6.07) is 0. The first kappa shape index (κ1) is 10.5. The highest BCUT2D eigenvalue weighted by molar-refractivity contribution is 5.77. The van der Waals surface area contributed by atoms with Gasteiger partial charge in [-0.05, 0) is 12.8 Å². The van der Waals surface area contributed by atoms with Crippen molar-refractivity contribution < 1.29 is 14.6 Å². The Kier molecular flexibility index (Phi) is 4.78. The fraction of sp³-hybridized carbons (Fsp3) is 0.889. The molecule has 0 radical (unpaired) electrons. The lowest BCUT2D eigenvalue weighted by atomic mass is 10.4. The molecule has 0 unspecified atom stereocenters. The summed E-state index contributed by atoms with van der Waals surface area (Å²) in [4.78, 5) is 13.0. The topological polar surface area (TPSA) is 49.8 Å². The van der Waals surface area contributed by atoms with Crippen LogP contribution in [-0.2, 0) is 9.53 Å². The molecule has 0 aromatic rings. The zero-order valence-electron chi connectivity index (χ0n) is 7.87. The van der Waals surface area contributed by atoms with Gasteiger partial charge in [0, 0.05) is 26.1 Å². The Morgan fingerprint density at radius 2 is 2.31 bits per heavy atom. The van der Waals surface area contributed by atoms with Gasteiger partial charge in [0.15, 0.2) is 0 Å². The van der Waals surface area contributed by atoms with Crippen LogP contribution < -0.4 is 0 Å². The average Bonchev–Trinajstić information content (AvgIpc) is 2.52. The number of hydrogen-bond acceptors (Lipinski definition) is 3. The third kappa shape index (κ3) is 3.74. The summed E-state index contributed by atoms with van der Waals surface area (Å²) in [5.74, 6) is 0.266. The number of amides is 1. The Labute approximate surface area is 78.5 Å². The number of rotatable bonds is 6. The second kappa shape index (κ2) is 5.94.